The average Bonchev–Trinajstić information content (AvgIpc) is 2.44. The van der Waals surface area contributed by atoms with E-state index in [1.54, 1.807) is 0 Å². The van der Waals surface area contributed by atoms with Crippen LogP contribution in [0.4, 0.5) is 0 Å². The van der Waals surface area contributed by atoms with Crippen LogP contribution in [0.2, 0.25) is 5.02 Å². The summed E-state index contributed by atoms with van der Waals surface area (Å²) in [5.74, 6) is 1.74. The Morgan fingerprint density at radius 2 is 1.67 bits per heavy atom. The number of ether oxygens (including phenoxy) is 1. The second kappa shape index (κ2) is 7.48. The molecule has 0 fully saturated rings. The summed E-state index contributed by atoms with van der Waals surface area (Å²) in [7, 11) is 0. The summed E-state index contributed by atoms with van der Waals surface area (Å²) >= 11 is 6.04. The van der Waals surface area contributed by atoms with Crippen LogP contribution in [0, 0.1) is 13.8 Å². The fraction of sp³-hybridized carbons (Fsp3) is 0.333. The number of nitrogens with one attached hydrogen (secondary N) is 1. The van der Waals surface area contributed by atoms with Gasteiger partial charge in [0.25, 0.3) is 0 Å². The first-order valence-electron chi connectivity index (χ1n) is 7.34. The SMILES string of the molecule is CCCNCc1ccc(Oc2c(C)cc(Cl)cc2C)cc1. The van der Waals surface area contributed by atoms with Gasteiger partial charge in [-0.15, -0.1) is 0 Å². The first-order valence-corrected chi connectivity index (χ1v) is 7.72. The van der Waals surface area contributed by atoms with E-state index in [2.05, 4.69) is 24.4 Å². The molecule has 2 nitrogen and oxygen atoms in total. The van der Waals surface area contributed by atoms with Gasteiger partial charge in [0.15, 0.2) is 0 Å². The van der Waals surface area contributed by atoms with E-state index in [0.29, 0.717) is 0 Å². The Kier molecular flexibility index (Phi) is 5.66. The molecule has 0 aliphatic carbocycles. The predicted octanol–water partition coefficient (Wildman–Crippen LogP) is 5.25. The van der Waals surface area contributed by atoms with Crippen molar-refractivity contribution in [1.29, 1.82) is 0 Å². The maximum absolute atomic E-state index is 6.04. The van der Waals surface area contributed by atoms with E-state index < -0.39 is 0 Å². The summed E-state index contributed by atoms with van der Waals surface area (Å²) in [6, 6.07) is 12.1. The molecule has 0 saturated heterocycles. The van der Waals surface area contributed by atoms with Gasteiger partial charge in [-0.3, -0.25) is 0 Å². The standard InChI is InChI=1S/C18H22ClNO/c1-4-9-20-12-15-5-7-17(8-6-15)21-18-13(2)10-16(19)11-14(18)3/h5-8,10-11,20H,4,9,12H2,1-3H3. The zero-order valence-corrected chi connectivity index (χ0v) is 13.6. The molecule has 0 aromatic heterocycles. The van der Waals surface area contributed by atoms with Crippen molar-refractivity contribution in [2.24, 2.45) is 0 Å². The van der Waals surface area contributed by atoms with Gasteiger partial charge in [0.05, 0.1) is 0 Å². The van der Waals surface area contributed by atoms with Crippen LogP contribution in [0.15, 0.2) is 36.4 Å². The molecular weight excluding hydrogens is 282 g/mol. The maximum Gasteiger partial charge on any atom is 0.133 e. The van der Waals surface area contributed by atoms with Crippen LogP contribution in [-0.4, -0.2) is 6.54 Å². The summed E-state index contributed by atoms with van der Waals surface area (Å²) in [5.41, 5.74) is 3.36. The van der Waals surface area contributed by atoms with Crippen molar-refractivity contribution in [1.82, 2.24) is 5.32 Å². The van der Waals surface area contributed by atoms with Gasteiger partial charge in [0, 0.05) is 11.6 Å². The highest BCUT2D eigenvalue weighted by Crippen LogP contribution is 2.31. The first-order chi connectivity index (χ1) is 10.1. The third-order valence-corrected chi connectivity index (χ3v) is 3.54. The Morgan fingerprint density at radius 3 is 2.24 bits per heavy atom. The van der Waals surface area contributed by atoms with Gasteiger partial charge in [-0.05, 0) is 67.8 Å². The molecule has 0 bridgehead atoms. The van der Waals surface area contributed by atoms with Gasteiger partial charge in [-0.2, -0.15) is 0 Å². The molecular formula is C18H22ClNO. The molecule has 3 heteroatoms. The lowest BCUT2D eigenvalue weighted by molar-refractivity contribution is 0.475. The van der Waals surface area contributed by atoms with Crippen LogP contribution in [0.25, 0.3) is 0 Å². The Balaban J connectivity index is 2.07. The monoisotopic (exact) mass is 303 g/mol. The molecule has 2 rings (SSSR count). The molecule has 0 spiro atoms. The van der Waals surface area contributed by atoms with Gasteiger partial charge in [0.1, 0.15) is 11.5 Å². The number of halogens is 1. The highest BCUT2D eigenvalue weighted by molar-refractivity contribution is 6.30. The van der Waals surface area contributed by atoms with Gasteiger partial charge in [-0.1, -0.05) is 30.7 Å². The molecule has 0 atom stereocenters. The number of hydrogen-bond donors (Lipinski definition) is 1. The molecule has 0 radical (unpaired) electrons. The van der Waals surface area contributed by atoms with Crippen LogP contribution in [-0.2, 0) is 6.54 Å². The molecule has 0 heterocycles. The number of benzene rings is 2. The van der Waals surface area contributed by atoms with E-state index in [4.69, 9.17) is 16.3 Å². The molecule has 0 aliphatic rings. The van der Waals surface area contributed by atoms with Gasteiger partial charge < -0.3 is 10.1 Å². The normalized spacial score (nSPS) is 10.7. The fourth-order valence-electron chi connectivity index (χ4n) is 2.26. The lowest BCUT2D eigenvalue weighted by atomic mass is 10.1. The number of rotatable bonds is 6. The second-order valence-corrected chi connectivity index (χ2v) is 5.73. The molecule has 112 valence electrons. The smallest absolute Gasteiger partial charge is 0.133 e. The predicted molar refractivity (Wildman–Crippen MR) is 89.4 cm³/mol. The van der Waals surface area contributed by atoms with Crippen molar-refractivity contribution in [3.63, 3.8) is 0 Å². The van der Waals surface area contributed by atoms with Crippen LogP contribution >= 0.6 is 11.6 Å². The van der Waals surface area contributed by atoms with Crippen molar-refractivity contribution < 1.29 is 4.74 Å². The Morgan fingerprint density at radius 1 is 1.05 bits per heavy atom. The van der Waals surface area contributed by atoms with E-state index in [9.17, 15) is 0 Å². The summed E-state index contributed by atoms with van der Waals surface area (Å²) in [6.45, 7) is 8.13. The summed E-state index contributed by atoms with van der Waals surface area (Å²) in [4.78, 5) is 0. The van der Waals surface area contributed by atoms with Crippen molar-refractivity contribution in [2.45, 2.75) is 33.7 Å². The van der Waals surface area contributed by atoms with Gasteiger partial charge in [0.2, 0.25) is 0 Å². The molecule has 21 heavy (non-hydrogen) atoms. The van der Waals surface area contributed by atoms with Crippen molar-refractivity contribution >= 4 is 11.6 Å². The average molecular weight is 304 g/mol. The molecule has 0 saturated carbocycles. The fourth-order valence-corrected chi connectivity index (χ4v) is 2.59. The summed E-state index contributed by atoms with van der Waals surface area (Å²) in [6.07, 6.45) is 1.15. The van der Waals surface area contributed by atoms with E-state index in [1.165, 1.54) is 5.56 Å². The Labute approximate surface area is 132 Å². The number of hydrogen-bond acceptors (Lipinski definition) is 2. The Hall–Kier alpha value is -1.51. The number of aryl methyl sites for hydroxylation is 2. The highest BCUT2D eigenvalue weighted by atomic mass is 35.5. The molecule has 0 unspecified atom stereocenters. The minimum atomic E-state index is 0.745. The second-order valence-electron chi connectivity index (χ2n) is 5.29. The van der Waals surface area contributed by atoms with Crippen LogP contribution in [0.1, 0.15) is 30.0 Å². The van der Waals surface area contributed by atoms with E-state index in [-0.39, 0.29) is 0 Å². The van der Waals surface area contributed by atoms with Gasteiger partial charge in [-0.25, -0.2) is 0 Å². The van der Waals surface area contributed by atoms with Gasteiger partial charge >= 0.3 is 0 Å². The molecule has 1 N–H and O–H groups in total. The van der Waals surface area contributed by atoms with E-state index in [0.717, 1.165) is 47.2 Å². The Bertz CT molecular complexity index is 570. The van der Waals surface area contributed by atoms with Crippen LogP contribution in [0.3, 0.4) is 0 Å². The van der Waals surface area contributed by atoms with E-state index >= 15 is 0 Å². The maximum atomic E-state index is 6.04. The summed E-state index contributed by atoms with van der Waals surface area (Å²) < 4.78 is 6.00. The van der Waals surface area contributed by atoms with Crippen LogP contribution in [0.5, 0.6) is 11.5 Å². The molecule has 2 aromatic rings. The third kappa shape index (κ3) is 4.48. The minimum Gasteiger partial charge on any atom is -0.457 e. The van der Waals surface area contributed by atoms with Crippen LogP contribution < -0.4 is 10.1 Å². The lowest BCUT2D eigenvalue weighted by Crippen LogP contribution is -2.13. The first kappa shape index (κ1) is 15.9. The van der Waals surface area contributed by atoms with Crippen molar-refractivity contribution in [2.75, 3.05) is 6.54 Å². The molecule has 0 aliphatic heterocycles. The third-order valence-electron chi connectivity index (χ3n) is 3.32. The van der Waals surface area contributed by atoms with E-state index in [1.807, 2.05) is 38.1 Å². The largest absolute Gasteiger partial charge is 0.457 e. The quantitative estimate of drug-likeness (QED) is 0.736. The molecule has 0 amide bonds. The lowest BCUT2D eigenvalue weighted by Gasteiger charge is -2.13. The van der Waals surface area contributed by atoms with Crippen molar-refractivity contribution in [3.05, 3.63) is 58.1 Å². The topological polar surface area (TPSA) is 21.3 Å². The highest BCUT2D eigenvalue weighted by Gasteiger charge is 2.07. The zero-order valence-electron chi connectivity index (χ0n) is 12.9. The van der Waals surface area contributed by atoms with Crippen molar-refractivity contribution in [3.8, 4) is 11.5 Å². The minimum absolute atomic E-state index is 0.745. The zero-order chi connectivity index (χ0) is 15.2. The molecule has 2 aromatic carbocycles. The summed E-state index contributed by atoms with van der Waals surface area (Å²) in [5, 5.41) is 4.13.